The monoisotopic (exact) mass is 379 g/mol. The Morgan fingerprint density at radius 2 is 2.18 bits per heavy atom. The zero-order valence-corrected chi connectivity index (χ0v) is 16.3. The normalized spacial score (nSPS) is 19.5. The summed E-state index contributed by atoms with van der Waals surface area (Å²) in [4.78, 5) is 19.2. The van der Waals surface area contributed by atoms with Gasteiger partial charge in [0.25, 0.3) is 5.91 Å². The van der Waals surface area contributed by atoms with Gasteiger partial charge in [0.1, 0.15) is 0 Å². The maximum atomic E-state index is 13.1. The van der Waals surface area contributed by atoms with Crippen molar-refractivity contribution in [2.24, 2.45) is 5.41 Å². The molecular weight excluding hydrogens is 354 g/mol. The van der Waals surface area contributed by atoms with Gasteiger partial charge in [0.15, 0.2) is 5.69 Å². The fraction of sp³-hybridized carbons (Fsp3) is 0.429. The Balaban J connectivity index is 1.60. The summed E-state index contributed by atoms with van der Waals surface area (Å²) >= 11 is 0. The van der Waals surface area contributed by atoms with E-state index in [-0.39, 0.29) is 17.9 Å². The van der Waals surface area contributed by atoms with Crippen molar-refractivity contribution in [2.75, 3.05) is 19.7 Å². The number of aliphatic hydroxyl groups is 1. The lowest BCUT2D eigenvalue weighted by molar-refractivity contribution is 0.0723. The number of hydrogen-bond donors (Lipinski definition) is 1. The van der Waals surface area contributed by atoms with Crippen LogP contribution in [0.4, 0.5) is 0 Å². The van der Waals surface area contributed by atoms with Crippen LogP contribution in [0.2, 0.25) is 0 Å². The van der Waals surface area contributed by atoms with E-state index in [1.54, 1.807) is 15.8 Å². The standard InChI is InChI=1S/C21H25N5O2/c1-3-8-21(14-27)9-11-25(13-21)20(28)19-15(2)26(24-23-19)17-6-7-18-16(12-17)5-4-10-22-18/h4-7,10,12,27H,3,8-9,11,13-14H2,1-2H3. The molecule has 0 radical (unpaired) electrons. The average molecular weight is 379 g/mol. The van der Waals surface area contributed by atoms with Crippen LogP contribution in [0.5, 0.6) is 0 Å². The van der Waals surface area contributed by atoms with Gasteiger partial charge in [-0.1, -0.05) is 24.6 Å². The van der Waals surface area contributed by atoms with Gasteiger partial charge in [0.2, 0.25) is 0 Å². The Labute approximate surface area is 164 Å². The molecule has 0 spiro atoms. The molecule has 1 fully saturated rings. The van der Waals surface area contributed by atoms with E-state index in [9.17, 15) is 9.90 Å². The zero-order valence-electron chi connectivity index (χ0n) is 16.3. The number of aliphatic hydroxyl groups excluding tert-OH is 1. The molecule has 1 saturated heterocycles. The van der Waals surface area contributed by atoms with Gasteiger partial charge in [-0.05, 0) is 44.0 Å². The van der Waals surface area contributed by atoms with Crippen molar-refractivity contribution in [2.45, 2.75) is 33.1 Å². The smallest absolute Gasteiger partial charge is 0.276 e. The fourth-order valence-electron chi connectivity index (χ4n) is 4.17. The molecule has 1 aromatic carbocycles. The van der Waals surface area contributed by atoms with Crippen molar-refractivity contribution in [3.63, 3.8) is 0 Å². The summed E-state index contributed by atoms with van der Waals surface area (Å²) < 4.78 is 1.70. The molecule has 2 aromatic heterocycles. The van der Waals surface area contributed by atoms with Crippen LogP contribution in [0.3, 0.4) is 0 Å². The highest BCUT2D eigenvalue weighted by molar-refractivity contribution is 5.93. The largest absolute Gasteiger partial charge is 0.396 e. The van der Waals surface area contributed by atoms with Gasteiger partial charge in [-0.3, -0.25) is 9.78 Å². The minimum absolute atomic E-state index is 0.113. The maximum absolute atomic E-state index is 13.1. The van der Waals surface area contributed by atoms with E-state index in [4.69, 9.17) is 0 Å². The van der Waals surface area contributed by atoms with E-state index in [1.165, 1.54) is 0 Å². The summed E-state index contributed by atoms with van der Waals surface area (Å²) in [6.45, 7) is 5.30. The number of benzene rings is 1. The van der Waals surface area contributed by atoms with Crippen molar-refractivity contribution in [3.8, 4) is 5.69 Å². The molecule has 0 aliphatic carbocycles. The Morgan fingerprint density at radius 3 is 2.96 bits per heavy atom. The van der Waals surface area contributed by atoms with E-state index >= 15 is 0 Å². The predicted molar refractivity (Wildman–Crippen MR) is 106 cm³/mol. The van der Waals surface area contributed by atoms with Crippen LogP contribution in [-0.2, 0) is 0 Å². The number of aromatic nitrogens is 4. The molecule has 0 saturated carbocycles. The summed E-state index contributed by atoms with van der Waals surface area (Å²) in [6.07, 6.45) is 4.51. The second-order valence-electron chi connectivity index (χ2n) is 7.70. The molecule has 1 amide bonds. The van der Waals surface area contributed by atoms with Crippen LogP contribution < -0.4 is 0 Å². The van der Waals surface area contributed by atoms with Crippen molar-refractivity contribution in [1.29, 1.82) is 0 Å². The molecule has 7 heteroatoms. The molecule has 1 atom stereocenters. The molecule has 1 aliphatic heterocycles. The van der Waals surface area contributed by atoms with Crippen LogP contribution in [-0.4, -0.2) is 55.6 Å². The molecule has 1 N–H and O–H groups in total. The summed E-state index contributed by atoms with van der Waals surface area (Å²) in [6, 6.07) is 9.75. The molecule has 7 nitrogen and oxygen atoms in total. The summed E-state index contributed by atoms with van der Waals surface area (Å²) in [5, 5.41) is 19.3. The van der Waals surface area contributed by atoms with Gasteiger partial charge in [-0.15, -0.1) is 5.10 Å². The highest BCUT2D eigenvalue weighted by atomic mass is 16.3. The fourth-order valence-corrected chi connectivity index (χ4v) is 4.17. The summed E-state index contributed by atoms with van der Waals surface area (Å²) in [7, 11) is 0. The van der Waals surface area contributed by atoms with Gasteiger partial charge < -0.3 is 10.0 Å². The average Bonchev–Trinajstić information content (AvgIpc) is 3.32. The second-order valence-corrected chi connectivity index (χ2v) is 7.70. The minimum atomic E-state index is -0.181. The lowest BCUT2D eigenvalue weighted by Crippen LogP contribution is -2.34. The highest BCUT2D eigenvalue weighted by Crippen LogP contribution is 2.35. The maximum Gasteiger partial charge on any atom is 0.276 e. The third kappa shape index (κ3) is 3.16. The van der Waals surface area contributed by atoms with Gasteiger partial charge in [-0.2, -0.15) is 0 Å². The molecule has 1 aliphatic rings. The SMILES string of the molecule is CCCC1(CO)CCN(C(=O)c2nnn(-c3ccc4ncccc4c3)c2C)C1. The molecule has 3 heterocycles. The van der Waals surface area contributed by atoms with Gasteiger partial charge in [0, 0.05) is 30.1 Å². The number of fused-ring (bicyclic) bond motifs is 1. The minimum Gasteiger partial charge on any atom is -0.396 e. The van der Waals surface area contributed by atoms with E-state index in [1.807, 2.05) is 37.3 Å². The Bertz CT molecular complexity index is 1010. The first-order valence-electron chi connectivity index (χ1n) is 9.74. The molecule has 0 bridgehead atoms. The number of amides is 1. The summed E-state index contributed by atoms with van der Waals surface area (Å²) in [5.74, 6) is -0.113. The van der Waals surface area contributed by atoms with Crippen LogP contribution >= 0.6 is 0 Å². The number of nitrogens with zero attached hydrogens (tertiary/aromatic N) is 5. The van der Waals surface area contributed by atoms with E-state index < -0.39 is 0 Å². The van der Waals surface area contributed by atoms with Crippen molar-refractivity contribution in [3.05, 3.63) is 47.9 Å². The van der Waals surface area contributed by atoms with Gasteiger partial charge in [-0.25, -0.2) is 4.68 Å². The molecule has 146 valence electrons. The number of carbonyl (C=O) groups excluding carboxylic acids is 1. The third-order valence-electron chi connectivity index (χ3n) is 5.77. The Kier molecular flexibility index (Phi) is 4.85. The molecule has 28 heavy (non-hydrogen) atoms. The number of carbonyl (C=O) groups is 1. The lowest BCUT2D eigenvalue weighted by atomic mass is 9.83. The summed E-state index contributed by atoms with van der Waals surface area (Å²) in [5.41, 5.74) is 2.66. The van der Waals surface area contributed by atoms with Crippen LogP contribution in [0.1, 0.15) is 42.4 Å². The van der Waals surface area contributed by atoms with E-state index in [0.717, 1.165) is 35.9 Å². The zero-order chi connectivity index (χ0) is 19.7. The van der Waals surface area contributed by atoms with Gasteiger partial charge >= 0.3 is 0 Å². The second kappa shape index (κ2) is 7.31. The van der Waals surface area contributed by atoms with Crippen molar-refractivity contribution < 1.29 is 9.90 Å². The lowest BCUT2D eigenvalue weighted by Gasteiger charge is -2.26. The highest BCUT2D eigenvalue weighted by Gasteiger charge is 2.40. The van der Waals surface area contributed by atoms with Crippen molar-refractivity contribution in [1.82, 2.24) is 24.9 Å². The quantitative estimate of drug-likeness (QED) is 0.737. The number of rotatable bonds is 5. The van der Waals surface area contributed by atoms with Crippen LogP contribution in [0.15, 0.2) is 36.5 Å². The molecule has 3 aromatic rings. The Morgan fingerprint density at radius 1 is 1.32 bits per heavy atom. The molecular formula is C21H25N5O2. The first-order chi connectivity index (χ1) is 13.6. The third-order valence-corrected chi connectivity index (χ3v) is 5.77. The van der Waals surface area contributed by atoms with Crippen molar-refractivity contribution >= 4 is 16.8 Å². The van der Waals surface area contributed by atoms with E-state index in [2.05, 4.69) is 22.2 Å². The van der Waals surface area contributed by atoms with Gasteiger partial charge in [0.05, 0.1) is 23.5 Å². The van der Waals surface area contributed by atoms with Crippen LogP contribution in [0, 0.1) is 12.3 Å². The topological polar surface area (TPSA) is 84.1 Å². The number of hydrogen-bond acceptors (Lipinski definition) is 5. The first-order valence-corrected chi connectivity index (χ1v) is 9.74. The number of likely N-dealkylation sites (tertiary alicyclic amines) is 1. The number of pyridine rings is 1. The van der Waals surface area contributed by atoms with E-state index in [0.29, 0.717) is 24.5 Å². The van der Waals surface area contributed by atoms with Crippen LogP contribution in [0.25, 0.3) is 16.6 Å². The Hall–Kier alpha value is -2.80. The molecule has 1 unspecified atom stereocenters. The first kappa shape index (κ1) is 18.6. The predicted octanol–water partition coefficient (Wildman–Crippen LogP) is 2.75. The molecule has 4 rings (SSSR count).